The van der Waals surface area contributed by atoms with Gasteiger partial charge in [0.1, 0.15) is 23.0 Å². The van der Waals surface area contributed by atoms with E-state index >= 15 is 0 Å². The maximum Gasteiger partial charge on any atom is 0.446 e. The van der Waals surface area contributed by atoms with Crippen molar-refractivity contribution < 1.29 is 32.3 Å². The van der Waals surface area contributed by atoms with Crippen molar-refractivity contribution in [3.63, 3.8) is 0 Å². The lowest BCUT2D eigenvalue weighted by Crippen LogP contribution is -2.48. The Morgan fingerprint density at radius 3 is 1.51 bits per heavy atom. The van der Waals surface area contributed by atoms with E-state index in [0.29, 0.717) is 44.9 Å². The van der Waals surface area contributed by atoms with Gasteiger partial charge in [-0.25, -0.2) is 9.97 Å². The van der Waals surface area contributed by atoms with Crippen molar-refractivity contribution >= 4 is 45.7 Å². The summed E-state index contributed by atoms with van der Waals surface area (Å²) in [5.41, 5.74) is 12.8. The van der Waals surface area contributed by atoms with Crippen LogP contribution in [0.1, 0.15) is 71.9 Å². The van der Waals surface area contributed by atoms with Crippen molar-refractivity contribution in [2.24, 2.45) is 28.2 Å². The molecule has 4 aliphatic heterocycles. The molecule has 0 unspecified atom stereocenters. The van der Waals surface area contributed by atoms with E-state index in [0.717, 1.165) is 141 Å². The third kappa shape index (κ3) is 10.8. The van der Waals surface area contributed by atoms with E-state index in [1.165, 1.54) is 0 Å². The number of alkyl halides is 3. The average molecular weight is 1110 g/mol. The Bertz CT molecular complexity index is 3830. The molecule has 0 aliphatic carbocycles. The number of Topliss-reactive ketones (excluding diaryl/α,β-unsaturated/α-hetero) is 1. The predicted molar refractivity (Wildman–Crippen MR) is 297 cm³/mol. The molecule has 81 heavy (non-hydrogen) atoms. The number of benzene rings is 3. The van der Waals surface area contributed by atoms with Gasteiger partial charge < -0.3 is 24.3 Å². The molecule has 2 saturated heterocycles. The Morgan fingerprint density at radius 2 is 1.10 bits per heavy atom. The van der Waals surface area contributed by atoms with E-state index in [2.05, 4.69) is 65.9 Å². The summed E-state index contributed by atoms with van der Waals surface area (Å²) in [6.45, 7) is 11.8. The normalized spacial score (nSPS) is 15.6. The minimum atomic E-state index is -4.64. The molecule has 0 spiro atoms. The molecule has 420 valence electrons. The summed E-state index contributed by atoms with van der Waals surface area (Å²) < 4.78 is 43.3. The number of carbonyl (C=O) groups is 4. The number of hydrogen-bond donors (Lipinski definition) is 1. The Kier molecular flexibility index (Phi) is 14.9. The molecule has 2 fully saturated rings. The molecular weight excluding hydrogens is 1040 g/mol. The molecular formula is C58H63F3N16O4. The first kappa shape index (κ1) is 54.4. The average Bonchev–Trinajstić information content (AvgIpc) is 3.81. The number of fused-ring (bicyclic) bond motifs is 4. The fourth-order valence-corrected chi connectivity index (χ4v) is 11.3. The third-order valence-corrected chi connectivity index (χ3v) is 15.7. The van der Waals surface area contributed by atoms with E-state index in [9.17, 15) is 27.6 Å². The van der Waals surface area contributed by atoms with Crippen LogP contribution in [0.2, 0.25) is 0 Å². The first-order valence-electron chi connectivity index (χ1n) is 27.2. The molecule has 4 aliphatic rings. The molecule has 0 saturated carbocycles. The highest BCUT2D eigenvalue weighted by atomic mass is 19.4. The lowest BCUT2D eigenvalue weighted by atomic mass is 9.97. The Morgan fingerprint density at radius 1 is 0.630 bits per heavy atom. The van der Waals surface area contributed by atoms with Crippen LogP contribution >= 0.6 is 0 Å². The summed E-state index contributed by atoms with van der Waals surface area (Å²) in [7, 11) is 7.74. The third-order valence-electron chi connectivity index (χ3n) is 15.7. The van der Waals surface area contributed by atoms with Crippen LogP contribution in [0.15, 0.2) is 91.5 Å². The van der Waals surface area contributed by atoms with Gasteiger partial charge >= 0.3 is 6.18 Å². The van der Waals surface area contributed by atoms with E-state index in [1.54, 1.807) is 9.36 Å². The number of aromatic nitrogens is 12. The zero-order valence-electron chi connectivity index (χ0n) is 46.1. The molecule has 10 heterocycles. The number of amides is 2. The van der Waals surface area contributed by atoms with Crippen molar-refractivity contribution in [3.8, 4) is 45.0 Å². The van der Waals surface area contributed by atoms with Crippen molar-refractivity contribution in [3.05, 3.63) is 120 Å². The molecule has 9 aromatic rings. The van der Waals surface area contributed by atoms with Gasteiger partial charge in [0, 0.05) is 156 Å². The smallest absolute Gasteiger partial charge is 0.335 e. The van der Waals surface area contributed by atoms with Gasteiger partial charge in [0.25, 0.3) is 0 Å². The van der Waals surface area contributed by atoms with Gasteiger partial charge in [0.15, 0.2) is 5.78 Å². The number of ketones is 1. The fraction of sp³-hybridized carbons (Fsp3) is 0.379. The van der Waals surface area contributed by atoms with E-state index in [4.69, 9.17) is 25.0 Å². The zero-order valence-corrected chi connectivity index (χ0v) is 46.1. The number of aryl methyl sites for hydroxylation is 4. The standard InChI is InChI=1S/C32H34N8O2.C24H28N8O.C2HF3O/c1-4-29(42)39-12-13-40-27(19-39)31(34-32(40)24-17-38(18-24)20-28(41)21-8-6-5-7-9-21)22-10-11-26-25(14-22)30(35-37(26)3)23-15-33-36(2)16-23;1-4-21(33)31-7-8-32-20(14-31)23(27-24(32)16-10-25-11-16)15-5-6-19-18(9-15)22(28-30(19)3)17-12-26-29(2)13-17;3-2(4,5)1-6/h5-11,14-16,24H,4,12-13,17-20H2,1-3H3;5-6,9,12-13,16,25H,4,7-8,10-11,14H2,1-3H3;1H. The molecule has 0 bridgehead atoms. The van der Waals surface area contributed by atoms with Gasteiger partial charge in [-0.2, -0.15) is 33.6 Å². The van der Waals surface area contributed by atoms with Crippen LogP contribution < -0.4 is 5.32 Å². The van der Waals surface area contributed by atoms with Crippen LogP contribution in [-0.4, -0.2) is 149 Å². The minimum absolute atomic E-state index is 0.141. The number of nitrogens with zero attached hydrogens (tertiary/aromatic N) is 15. The molecule has 3 aromatic carbocycles. The lowest BCUT2D eigenvalue weighted by Gasteiger charge is -2.39. The van der Waals surface area contributed by atoms with Crippen molar-refractivity contribution in [1.29, 1.82) is 0 Å². The van der Waals surface area contributed by atoms with Crippen LogP contribution in [-0.2, 0) is 68.8 Å². The number of likely N-dealkylation sites (tertiary alicyclic amines) is 1. The van der Waals surface area contributed by atoms with Gasteiger partial charge in [0.2, 0.25) is 18.1 Å². The van der Waals surface area contributed by atoms with Gasteiger partial charge in [-0.05, 0) is 24.3 Å². The monoisotopic (exact) mass is 1100 g/mol. The van der Waals surface area contributed by atoms with E-state index < -0.39 is 12.5 Å². The zero-order chi connectivity index (χ0) is 56.9. The highest BCUT2D eigenvalue weighted by molar-refractivity contribution is 5.98. The molecule has 2 amide bonds. The van der Waals surface area contributed by atoms with Crippen molar-refractivity contribution in [2.75, 3.05) is 45.8 Å². The Hall–Kier alpha value is -8.57. The van der Waals surface area contributed by atoms with Gasteiger partial charge in [-0.15, -0.1) is 0 Å². The Labute approximate surface area is 464 Å². The topological polar surface area (TPSA) is 197 Å². The summed E-state index contributed by atoms with van der Waals surface area (Å²) >= 11 is 0. The van der Waals surface area contributed by atoms with Crippen molar-refractivity contribution in [2.45, 2.75) is 70.9 Å². The van der Waals surface area contributed by atoms with Crippen LogP contribution in [0.5, 0.6) is 0 Å². The van der Waals surface area contributed by atoms with E-state index in [-0.39, 0.29) is 23.5 Å². The minimum Gasteiger partial charge on any atom is -0.335 e. The first-order valence-corrected chi connectivity index (χ1v) is 27.2. The maximum absolute atomic E-state index is 12.8. The SMILES string of the molecule is CCC(=O)N1CCn2c(C3CN(CC(=O)c4ccccc4)C3)nc(-c3ccc4c(c3)c(-c3cnn(C)c3)nn4C)c2C1.CCC(=O)N1CCn2c(C3CNC3)nc(-c3ccc4c(c3)c(-c3cnn(C)c3)nn4C)c2C1.O=CC(F)(F)F. The lowest BCUT2D eigenvalue weighted by molar-refractivity contribution is -0.156. The highest BCUT2D eigenvalue weighted by Gasteiger charge is 2.37. The van der Waals surface area contributed by atoms with Crippen LogP contribution in [0, 0.1) is 0 Å². The molecule has 0 radical (unpaired) electrons. The van der Waals surface area contributed by atoms with Gasteiger partial charge in [0.05, 0.1) is 65.8 Å². The second-order valence-electron chi connectivity index (χ2n) is 21.1. The van der Waals surface area contributed by atoms with Crippen LogP contribution in [0.25, 0.3) is 66.8 Å². The van der Waals surface area contributed by atoms with Crippen LogP contribution in [0.3, 0.4) is 0 Å². The number of carbonyl (C=O) groups excluding carboxylic acids is 4. The largest absolute Gasteiger partial charge is 0.446 e. The number of halogens is 3. The number of hydrogen-bond acceptors (Lipinski definition) is 12. The number of aldehydes is 1. The molecule has 1 N–H and O–H groups in total. The molecule has 6 aromatic heterocycles. The highest BCUT2D eigenvalue weighted by Crippen LogP contribution is 2.39. The van der Waals surface area contributed by atoms with E-state index in [1.807, 2.05) is 116 Å². The second kappa shape index (κ2) is 22.2. The number of imidazole rings is 2. The fourth-order valence-electron chi connectivity index (χ4n) is 11.3. The number of rotatable bonds is 11. The van der Waals surface area contributed by atoms with Gasteiger partial charge in [-0.3, -0.25) is 42.8 Å². The summed E-state index contributed by atoms with van der Waals surface area (Å²) in [4.78, 5) is 63.2. The Balaban J connectivity index is 0.000000158. The summed E-state index contributed by atoms with van der Waals surface area (Å²) in [5.74, 6) is 3.35. The molecule has 20 nitrogen and oxygen atoms in total. The number of nitrogens with one attached hydrogen (secondary N) is 1. The predicted octanol–water partition coefficient (Wildman–Crippen LogP) is 6.90. The molecule has 0 atom stereocenters. The van der Waals surface area contributed by atoms with Gasteiger partial charge in [-0.1, -0.05) is 56.3 Å². The molecule has 23 heteroatoms. The summed E-state index contributed by atoms with van der Waals surface area (Å²) in [5, 5.41) is 23.7. The summed E-state index contributed by atoms with van der Waals surface area (Å²) in [6, 6.07) is 22.3. The second-order valence-corrected chi connectivity index (χ2v) is 21.1. The maximum atomic E-state index is 12.8. The quantitative estimate of drug-likeness (QED) is 0.104. The first-order chi connectivity index (χ1) is 39.0. The van der Waals surface area contributed by atoms with Crippen LogP contribution in [0.4, 0.5) is 13.2 Å². The summed E-state index contributed by atoms with van der Waals surface area (Å²) in [6.07, 6.45) is 2.96. The molecule has 13 rings (SSSR count). The van der Waals surface area contributed by atoms with Crippen molar-refractivity contribution in [1.82, 2.24) is 78.2 Å².